The highest BCUT2D eigenvalue weighted by atomic mass is 35.5. The average Bonchev–Trinajstić information content (AvgIpc) is 2.83. The average molecular weight is 285 g/mol. The Morgan fingerprint density at radius 2 is 2.28 bits per heavy atom. The van der Waals surface area contributed by atoms with Crippen LogP contribution in [0.25, 0.3) is 0 Å². The normalized spacial score (nSPS) is 10.9. The van der Waals surface area contributed by atoms with Crippen molar-refractivity contribution in [3.05, 3.63) is 38.2 Å². The first kappa shape index (κ1) is 13.0. The molecule has 0 radical (unpaired) electrons. The zero-order valence-electron chi connectivity index (χ0n) is 10.1. The zero-order chi connectivity index (χ0) is 13.1. The molecule has 2 aromatic rings. The Hall–Kier alpha value is -1.40. The third-order valence-corrected chi connectivity index (χ3v) is 3.51. The fourth-order valence-corrected chi connectivity index (χ4v) is 2.18. The Bertz CT molecular complexity index is 579. The van der Waals surface area contributed by atoms with Gasteiger partial charge in [0.1, 0.15) is 5.02 Å². The van der Waals surface area contributed by atoms with Gasteiger partial charge in [-0.15, -0.1) is 11.3 Å². The molecule has 0 aliphatic heterocycles. The monoisotopic (exact) mass is 284 g/mol. The predicted molar refractivity (Wildman–Crippen MR) is 73.3 cm³/mol. The summed E-state index contributed by atoms with van der Waals surface area (Å²) in [6.45, 7) is 4.35. The maximum atomic E-state index is 11.9. The van der Waals surface area contributed by atoms with Crippen molar-refractivity contribution in [3.8, 4) is 0 Å². The first-order chi connectivity index (χ1) is 8.59. The first-order valence-electron chi connectivity index (χ1n) is 5.48. The van der Waals surface area contributed by atoms with Crippen LogP contribution in [0.15, 0.2) is 22.7 Å². The third kappa shape index (κ3) is 2.70. The van der Waals surface area contributed by atoms with Gasteiger partial charge in [0.05, 0.1) is 30.0 Å². The lowest BCUT2D eigenvalue weighted by atomic mass is 10.4. The first-order valence-corrected chi connectivity index (χ1v) is 6.74. The molecule has 7 heteroatoms. The maximum Gasteiger partial charge on any atom is 0.287 e. The highest BCUT2D eigenvalue weighted by molar-refractivity contribution is 7.09. The molecular formula is C11H13ClN4OS. The van der Waals surface area contributed by atoms with E-state index in [1.54, 1.807) is 17.9 Å². The van der Waals surface area contributed by atoms with Crippen LogP contribution >= 0.6 is 22.9 Å². The van der Waals surface area contributed by atoms with Gasteiger partial charge < -0.3 is 5.32 Å². The maximum absolute atomic E-state index is 11.9. The van der Waals surface area contributed by atoms with Crippen molar-refractivity contribution in [3.63, 3.8) is 0 Å². The lowest BCUT2D eigenvalue weighted by Crippen LogP contribution is -2.25. The molecular weight excluding hydrogens is 272 g/mol. The van der Waals surface area contributed by atoms with Gasteiger partial charge in [-0.3, -0.25) is 9.78 Å². The molecule has 0 aliphatic carbocycles. The highest BCUT2D eigenvalue weighted by Crippen LogP contribution is 2.18. The van der Waals surface area contributed by atoms with Crippen LogP contribution in [0.3, 0.4) is 0 Å². The Kier molecular flexibility index (Phi) is 3.98. The summed E-state index contributed by atoms with van der Waals surface area (Å²) in [6, 6.07) is -0.00875. The summed E-state index contributed by atoms with van der Waals surface area (Å²) < 4.78 is 1.36. The van der Waals surface area contributed by atoms with Crippen LogP contribution in [0.4, 0.5) is 5.69 Å². The number of thiazole rings is 1. The van der Waals surface area contributed by atoms with E-state index in [0.29, 0.717) is 12.2 Å². The van der Waals surface area contributed by atoms with E-state index >= 15 is 0 Å². The van der Waals surface area contributed by atoms with Crippen molar-refractivity contribution in [2.24, 2.45) is 0 Å². The van der Waals surface area contributed by atoms with Crippen LogP contribution in [0, 0.1) is 0 Å². The molecule has 18 heavy (non-hydrogen) atoms. The summed E-state index contributed by atoms with van der Waals surface area (Å²) in [5.41, 5.74) is 2.03. The van der Waals surface area contributed by atoms with E-state index in [0.717, 1.165) is 4.88 Å². The van der Waals surface area contributed by atoms with E-state index in [9.17, 15) is 4.79 Å². The molecule has 1 N–H and O–H groups in total. The van der Waals surface area contributed by atoms with E-state index < -0.39 is 0 Å². The lowest BCUT2D eigenvalue weighted by molar-refractivity contribution is 0.503. The molecule has 0 atom stereocenters. The van der Waals surface area contributed by atoms with Crippen molar-refractivity contribution in [1.29, 1.82) is 0 Å². The van der Waals surface area contributed by atoms with Gasteiger partial charge in [-0.1, -0.05) is 11.6 Å². The van der Waals surface area contributed by atoms with Crippen molar-refractivity contribution >= 4 is 28.6 Å². The molecule has 0 spiro atoms. The van der Waals surface area contributed by atoms with Crippen molar-refractivity contribution in [2.45, 2.75) is 26.4 Å². The van der Waals surface area contributed by atoms with Gasteiger partial charge in [-0.25, -0.2) is 4.68 Å². The number of rotatable bonds is 4. The highest BCUT2D eigenvalue weighted by Gasteiger charge is 2.11. The number of anilines is 1. The quantitative estimate of drug-likeness (QED) is 0.937. The molecule has 0 amide bonds. The number of nitrogens with one attached hydrogen (secondary N) is 1. The summed E-state index contributed by atoms with van der Waals surface area (Å²) in [4.78, 5) is 17.0. The minimum Gasteiger partial charge on any atom is -0.377 e. The van der Waals surface area contributed by atoms with E-state index in [4.69, 9.17) is 11.6 Å². The molecule has 96 valence electrons. The number of hydrogen-bond acceptors (Lipinski definition) is 5. The molecule has 0 unspecified atom stereocenters. The van der Waals surface area contributed by atoms with Crippen molar-refractivity contribution in [1.82, 2.24) is 14.8 Å². The Morgan fingerprint density at radius 3 is 2.89 bits per heavy atom. The van der Waals surface area contributed by atoms with E-state index in [1.165, 1.54) is 16.0 Å². The van der Waals surface area contributed by atoms with Crippen molar-refractivity contribution < 1.29 is 0 Å². The van der Waals surface area contributed by atoms with Crippen LogP contribution in [-0.2, 0) is 6.54 Å². The molecule has 0 saturated heterocycles. The van der Waals surface area contributed by atoms with Gasteiger partial charge in [-0.05, 0) is 13.8 Å². The molecule has 0 aromatic carbocycles. The van der Waals surface area contributed by atoms with Gasteiger partial charge in [0, 0.05) is 11.1 Å². The summed E-state index contributed by atoms with van der Waals surface area (Å²) >= 11 is 7.57. The Morgan fingerprint density at radius 1 is 1.50 bits per heavy atom. The minimum atomic E-state index is -0.277. The van der Waals surface area contributed by atoms with Gasteiger partial charge >= 0.3 is 0 Å². The fraction of sp³-hybridized carbons (Fsp3) is 0.364. The van der Waals surface area contributed by atoms with E-state index in [2.05, 4.69) is 15.4 Å². The van der Waals surface area contributed by atoms with E-state index in [-0.39, 0.29) is 16.6 Å². The Labute approximate surface area is 113 Å². The molecule has 2 rings (SSSR count). The van der Waals surface area contributed by atoms with E-state index in [1.807, 2.05) is 13.8 Å². The summed E-state index contributed by atoms with van der Waals surface area (Å²) in [7, 11) is 0. The molecule has 0 aliphatic rings. The number of hydrogen-bond donors (Lipinski definition) is 1. The third-order valence-electron chi connectivity index (χ3n) is 2.37. The minimum absolute atomic E-state index is 0.00875. The summed E-state index contributed by atoms with van der Waals surface area (Å²) in [6.07, 6.45) is 3.35. The SMILES string of the molecule is CC(C)n1ncc(NCc2cncs2)c(Cl)c1=O. The smallest absolute Gasteiger partial charge is 0.287 e. The number of nitrogens with zero attached hydrogens (tertiary/aromatic N) is 3. The largest absolute Gasteiger partial charge is 0.377 e. The number of aromatic nitrogens is 3. The predicted octanol–water partition coefficient (Wildman–Crippen LogP) is 2.55. The molecule has 0 fully saturated rings. The number of halogens is 1. The second kappa shape index (κ2) is 5.49. The van der Waals surface area contributed by atoms with Gasteiger partial charge in [0.25, 0.3) is 5.56 Å². The molecule has 2 aromatic heterocycles. The lowest BCUT2D eigenvalue weighted by Gasteiger charge is -2.11. The van der Waals surface area contributed by atoms with Crippen LogP contribution in [0.2, 0.25) is 5.02 Å². The molecule has 0 bridgehead atoms. The standard InChI is InChI=1S/C11H13ClN4OS/c1-7(2)16-11(17)10(12)9(5-15-16)14-4-8-3-13-6-18-8/h3,5-7,14H,4H2,1-2H3. The molecule has 2 heterocycles. The van der Waals surface area contributed by atoms with Gasteiger partial charge in [0.15, 0.2) is 0 Å². The van der Waals surface area contributed by atoms with Gasteiger partial charge in [0.2, 0.25) is 0 Å². The fourth-order valence-electron chi connectivity index (χ4n) is 1.45. The summed E-state index contributed by atoms with van der Waals surface area (Å²) in [5.74, 6) is 0. The zero-order valence-corrected chi connectivity index (χ0v) is 11.6. The Balaban J connectivity index is 2.20. The molecule has 0 saturated carbocycles. The summed E-state index contributed by atoms with van der Waals surface area (Å²) in [5, 5.41) is 7.34. The molecule has 5 nitrogen and oxygen atoms in total. The topological polar surface area (TPSA) is 59.8 Å². The van der Waals surface area contributed by atoms with Crippen LogP contribution in [0.1, 0.15) is 24.8 Å². The van der Waals surface area contributed by atoms with Crippen LogP contribution in [0.5, 0.6) is 0 Å². The van der Waals surface area contributed by atoms with Crippen LogP contribution in [-0.4, -0.2) is 14.8 Å². The van der Waals surface area contributed by atoms with Crippen LogP contribution < -0.4 is 10.9 Å². The second-order valence-corrected chi connectivity index (χ2v) is 5.39. The second-order valence-electron chi connectivity index (χ2n) is 4.04. The van der Waals surface area contributed by atoms with Crippen molar-refractivity contribution in [2.75, 3.05) is 5.32 Å². The van der Waals surface area contributed by atoms with Gasteiger partial charge in [-0.2, -0.15) is 5.10 Å².